The summed E-state index contributed by atoms with van der Waals surface area (Å²) in [4.78, 5) is 29.5. The van der Waals surface area contributed by atoms with E-state index in [-0.39, 0.29) is 5.91 Å². The molecule has 2 aromatic rings. The topological polar surface area (TPSA) is 87.9 Å². The van der Waals surface area contributed by atoms with E-state index in [9.17, 15) is 9.59 Å². The van der Waals surface area contributed by atoms with Crippen molar-refractivity contribution in [3.8, 4) is 0 Å². The molecular weight excluding hydrogens is 380 g/mol. The molecule has 1 heterocycles. The van der Waals surface area contributed by atoms with Crippen molar-refractivity contribution < 1.29 is 14.3 Å². The Bertz CT molecular complexity index is 934. The second kappa shape index (κ2) is 9.17. The van der Waals surface area contributed by atoms with Crippen LogP contribution in [0.1, 0.15) is 40.1 Å². The van der Waals surface area contributed by atoms with Gasteiger partial charge in [-0.25, -0.2) is 4.79 Å². The molecular formula is C23H30N4O3. The van der Waals surface area contributed by atoms with Crippen molar-refractivity contribution in [2.75, 3.05) is 49.2 Å². The highest BCUT2D eigenvalue weighted by molar-refractivity contribution is 6.09. The summed E-state index contributed by atoms with van der Waals surface area (Å²) in [5.74, 6) is -0.757. The van der Waals surface area contributed by atoms with E-state index < -0.39 is 5.97 Å². The van der Waals surface area contributed by atoms with Crippen LogP contribution in [0.2, 0.25) is 0 Å². The lowest BCUT2D eigenvalue weighted by Gasteiger charge is -2.38. The maximum Gasteiger partial charge on any atom is 0.337 e. The highest BCUT2D eigenvalue weighted by Gasteiger charge is 2.21. The number of hydrogen-bond acceptors (Lipinski definition) is 6. The van der Waals surface area contributed by atoms with Gasteiger partial charge in [0.1, 0.15) is 0 Å². The molecule has 1 aliphatic heterocycles. The number of carbonyl (C=O) groups excluding carboxylic acids is 2. The highest BCUT2D eigenvalue weighted by atomic mass is 16.5. The number of benzene rings is 2. The van der Waals surface area contributed by atoms with Crippen molar-refractivity contribution >= 4 is 28.9 Å². The van der Waals surface area contributed by atoms with Crippen LogP contribution < -0.4 is 16.0 Å². The summed E-state index contributed by atoms with van der Waals surface area (Å²) in [6.45, 7) is 10.1. The number of nitrogen functional groups attached to an aromatic ring is 1. The van der Waals surface area contributed by atoms with Crippen molar-refractivity contribution in [3.05, 3.63) is 53.1 Å². The van der Waals surface area contributed by atoms with Crippen molar-refractivity contribution in [3.63, 3.8) is 0 Å². The Kier molecular flexibility index (Phi) is 6.62. The molecule has 0 spiro atoms. The first-order valence-corrected chi connectivity index (χ1v) is 10.2. The van der Waals surface area contributed by atoms with Crippen LogP contribution >= 0.6 is 0 Å². The average Bonchev–Trinajstić information content (AvgIpc) is 2.75. The molecule has 3 rings (SSSR count). The fraction of sp³-hybridized carbons (Fsp3) is 0.391. The SMILES string of the molecule is COC(=O)c1ccc(C)c(NC(=O)c2cc(N3CCN(C(C)C)CC3)ccc2N)c1. The normalized spacial score (nSPS) is 14.6. The van der Waals surface area contributed by atoms with Crippen molar-refractivity contribution in [2.24, 2.45) is 0 Å². The number of esters is 1. The number of hydrogen-bond donors (Lipinski definition) is 2. The van der Waals surface area contributed by atoms with Gasteiger partial charge in [0.15, 0.2) is 0 Å². The minimum Gasteiger partial charge on any atom is -0.465 e. The molecule has 2 aromatic carbocycles. The number of nitrogens with zero attached hydrogens (tertiary/aromatic N) is 2. The molecule has 160 valence electrons. The van der Waals surface area contributed by atoms with Crippen LogP contribution in [0.5, 0.6) is 0 Å². The molecule has 0 unspecified atom stereocenters. The molecule has 0 radical (unpaired) electrons. The Morgan fingerprint density at radius 2 is 1.77 bits per heavy atom. The van der Waals surface area contributed by atoms with E-state index in [1.165, 1.54) is 7.11 Å². The van der Waals surface area contributed by atoms with Crippen LogP contribution in [0.4, 0.5) is 17.1 Å². The van der Waals surface area contributed by atoms with Gasteiger partial charge >= 0.3 is 5.97 Å². The van der Waals surface area contributed by atoms with Crippen LogP contribution in [0.15, 0.2) is 36.4 Å². The number of amides is 1. The lowest BCUT2D eigenvalue weighted by Crippen LogP contribution is -2.48. The first kappa shape index (κ1) is 21.6. The van der Waals surface area contributed by atoms with E-state index in [0.29, 0.717) is 28.5 Å². The van der Waals surface area contributed by atoms with Gasteiger partial charge in [-0.15, -0.1) is 0 Å². The van der Waals surface area contributed by atoms with Crippen LogP contribution in [-0.2, 0) is 4.74 Å². The van der Waals surface area contributed by atoms with Crippen LogP contribution in [0, 0.1) is 6.92 Å². The predicted octanol–water partition coefficient (Wildman–Crippen LogP) is 3.15. The third-order valence-corrected chi connectivity index (χ3v) is 5.60. The Labute approximate surface area is 177 Å². The fourth-order valence-electron chi connectivity index (χ4n) is 3.63. The molecule has 0 saturated carbocycles. The van der Waals surface area contributed by atoms with E-state index in [0.717, 1.165) is 37.4 Å². The van der Waals surface area contributed by atoms with Gasteiger partial charge in [0.05, 0.1) is 18.2 Å². The number of carbonyl (C=O) groups is 2. The number of nitrogens with one attached hydrogen (secondary N) is 1. The minimum absolute atomic E-state index is 0.305. The molecule has 3 N–H and O–H groups in total. The molecule has 0 bridgehead atoms. The third-order valence-electron chi connectivity index (χ3n) is 5.60. The molecule has 0 atom stereocenters. The maximum absolute atomic E-state index is 13.0. The number of rotatable bonds is 5. The Morgan fingerprint density at radius 1 is 1.07 bits per heavy atom. The molecule has 1 amide bonds. The third kappa shape index (κ3) is 4.74. The molecule has 7 heteroatoms. The summed E-state index contributed by atoms with van der Waals surface area (Å²) < 4.78 is 4.76. The molecule has 30 heavy (non-hydrogen) atoms. The number of aryl methyl sites for hydroxylation is 1. The predicted molar refractivity (Wildman–Crippen MR) is 120 cm³/mol. The zero-order valence-corrected chi connectivity index (χ0v) is 18.1. The van der Waals surface area contributed by atoms with Crippen molar-refractivity contribution in [2.45, 2.75) is 26.8 Å². The van der Waals surface area contributed by atoms with Gasteiger partial charge in [-0.05, 0) is 56.7 Å². The zero-order valence-electron chi connectivity index (χ0n) is 18.1. The summed E-state index contributed by atoms with van der Waals surface area (Å²) in [5, 5.41) is 2.89. The van der Waals surface area contributed by atoms with Crippen molar-refractivity contribution in [1.82, 2.24) is 4.90 Å². The maximum atomic E-state index is 13.0. The van der Waals surface area contributed by atoms with Gasteiger partial charge in [0.2, 0.25) is 0 Å². The smallest absolute Gasteiger partial charge is 0.337 e. The average molecular weight is 411 g/mol. The van der Waals surface area contributed by atoms with Crippen LogP contribution in [0.25, 0.3) is 0 Å². The van der Waals surface area contributed by atoms with Gasteiger partial charge in [0, 0.05) is 49.3 Å². The van der Waals surface area contributed by atoms with Crippen LogP contribution in [-0.4, -0.2) is 56.1 Å². The van der Waals surface area contributed by atoms with E-state index in [1.807, 2.05) is 19.1 Å². The summed E-state index contributed by atoms with van der Waals surface area (Å²) in [7, 11) is 1.33. The lowest BCUT2D eigenvalue weighted by atomic mass is 10.1. The number of piperazine rings is 1. The number of anilines is 3. The fourth-order valence-corrected chi connectivity index (χ4v) is 3.63. The molecule has 0 aliphatic carbocycles. The summed E-state index contributed by atoms with van der Waals surface area (Å²) in [6, 6.07) is 11.2. The number of methoxy groups -OCH3 is 1. The zero-order chi connectivity index (χ0) is 21.8. The first-order valence-electron chi connectivity index (χ1n) is 10.2. The van der Waals surface area contributed by atoms with E-state index in [2.05, 4.69) is 29.0 Å². The van der Waals surface area contributed by atoms with Gasteiger partial charge < -0.3 is 20.7 Å². The summed E-state index contributed by atoms with van der Waals surface area (Å²) in [6.07, 6.45) is 0. The Hall–Kier alpha value is -3.06. The molecule has 1 saturated heterocycles. The van der Waals surface area contributed by atoms with Gasteiger partial charge in [-0.2, -0.15) is 0 Å². The first-order chi connectivity index (χ1) is 14.3. The monoisotopic (exact) mass is 410 g/mol. The molecule has 7 nitrogen and oxygen atoms in total. The van der Waals surface area contributed by atoms with Gasteiger partial charge in [-0.3, -0.25) is 9.69 Å². The van der Waals surface area contributed by atoms with E-state index in [4.69, 9.17) is 10.5 Å². The Balaban J connectivity index is 1.79. The van der Waals surface area contributed by atoms with Crippen molar-refractivity contribution in [1.29, 1.82) is 0 Å². The second-order valence-corrected chi connectivity index (χ2v) is 7.86. The highest BCUT2D eigenvalue weighted by Crippen LogP contribution is 2.25. The van der Waals surface area contributed by atoms with Gasteiger partial charge in [-0.1, -0.05) is 6.07 Å². The lowest BCUT2D eigenvalue weighted by molar-refractivity contribution is 0.0600. The van der Waals surface area contributed by atoms with E-state index >= 15 is 0 Å². The van der Waals surface area contributed by atoms with E-state index in [1.54, 1.807) is 24.3 Å². The standard InChI is InChI=1S/C23H30N4O3/c1-15(2)26-9-11-27(12-10-26)18-7-8-20(24)19(14-18)22(28)25-21-13-17(23(29)30-4)6-5-16(21)3/h5-8,13-15H,9-12,24H2,1-4H3,(H,25,28). The van der Waals surface area contributed by atoms with Crippen LogP contribution in [0.3, 0.4) is 0 Å². The number of nitrogens with two attached hydrogens (primary N) is 1. The summed E-state index contributed by atoms with van der Waals surface area (Å²) >= 11 is 0. The summed E-state index contributed by atoms with van der Waals surface area (Å²) in [5.41, 5.74) is 9.70. The molecule has 1 aliphatic rings. The number of ether oxygens (including phenoxy) is 1. The quantitative estimate of drug-likeness (QED) is 0.582. The van der Waals surface area contributed by atoms with Gasteiger partial charge in [0.25, 0.3) is 5.91 Å². The largest absolute Gasteiger partial charge is 0.465 e. The molecule has 0 aromatic heterocycles. The Morgan fingerprint density at radius 3 is 2.40 bits per heavy atom. The molecule has 1 fully saturated rings. The second-order valence-electron chi connectivity index (χ2n) is 7.86. The minimum atomic E-state index is -0.451.